The smallest absolute Gasteiger partial charge is 0.255 e. The van der Waals surface area contributed by atoms with E-state index in [1.54, 1.807) is 20.9 Å². The van der Waals surface area contributed by atoms with Crippen LogP contribution in [0.25, 0.3) is 0 Å². The second-order valence-corrected chi connectivity index (χ2v) is 6.99. The maximum absolute atomic E-state index is 13.2. The van der Waals surface area contributed by atoms with E-state index in [1.165, 1.54) is 0 Å². The fourth-order valence-corrected chi connectivity index (χ4v) is 2.82. The molecule has 118 valence electrons. The molecule has 0 radical (unpaired) electrons. The van der Waals surface area contributed by atoms with Crippen molar-refractivity contribution in [3.8, 4) is 0 Å². The summed E-state index contributed by atoms with van der Waals surface area (Å²) in [5, 5.41) is 5.24. The van der Waals surface area contributed by atoms with Crippen molar-refractivity contribution in [3.05, 3.63) is 23.6 Å². The molecule has 1 amide bonds. The predicted octanol–water partition coefficient (Wildman–Crippen LogP) is 0.320. The van der Waals surface area contributed by atoms with Crippen LogP contribution in [0.2, 0.25) is 0 Å². The van der Waals surface area contributed by atoms with Gasteiger partial charge in [0.1, 0.15) is 11.6 Å². The molecule has 9 heteroatoms. The zero-order valence-electron chi connectivity index (χ0n) is 12.3. The van der Waals surface area contributed by atoms with Crippen LogP contribution in [0.5, 0.6) is 0 Å². The number of nitrogens with zero attached hydrogens (tertiary/aromatic N) is 1. The standard InChI is InChI=1S/C12H19FN4O3S/c1-12(2,17-21(4,19)20)7-16-11(18)9-5-8(13)6-15-10(9)14-3/h5-6,17H,7H2,1-4H3,(H,14,15)(H,16,18). The van der Waals surface area contributed by atoms with E-state index in [0.717, 1.165) is 18.5 Å². The Balaban J connectivity index is 2.81. The van der Waals surface area contributed by atoms with Crippen molar-refractivity contribution >= 4 is 21.7 Å². The first kappa shape index (κ1) is 17.3. The number of amides is 1. The fraction of sp³-hybridized carbons (Fsp3) is 0.500. The Labute approximate surface area is 123 Å². The normalized spacial score (nSPS) is 12.0. The van der Waals surface area contributed by atoms with Crippen molar-refractivity contribution in [1.29, 1.82) is 0 Å². The average molecular weight is 318 g/mol. The van der Waals surface area contributed by atoms with Gasteiger partial charge in [0.05, 0.1) is 18.0 Å². The number of hydrogen-bond acceptors (Lipinski definition) is 5. The van der Waals surface area contributed by atoms with Gasteiger partial charge in [0.25, 0.3) is 5.91 Å². The van der Waals surface area contributed by atoms with Crippen molar-refractivity contribution in [2.45, 2.75) is 19.4 Å². The zero-order chi connectivity index (χ0) is 16.3. The van der Waals surface area contributed by atoms with E-state index in [4.69, 9.17) is 0 Å². The number of sulfonamides is 1. The summed E-state index contributed by atoms with van der Waals surface area (Å²) in [6.07, 6.45) is 2.03. The molecule has 0 aliphatic rings. The Hall–Kier alpha value is -1.74. The fourth-order valence-electron chi connectivity index (χ4n) is 1.75. The van der Waals surface area contributed by atoms with Gasteiger partial charge < -0.3 is 10.6 Å². The minimum absolute atomic E-state index is 0.0402. The van der Waals surface area contributed by atoms with Gasteiger partial charge in [-0.05, 0) is 19.9 Å². The molecule has 0 atom stereocenters. The Morgan fingerprint density at radius 1 is 1.43 bits per heavy atom. The summed E-state index contributed by atoms with van der Waals surface area (Å²) in [4.78, 5) is 15.8. The summed E-state index contributed by atoms with van der Waals surface area (Å²) in [7, 11) is -1.84. The van der Waals surface area contributed by atoms with E-state index in [2.05, 4.69) is 20.3 Å². The van der Waals surface area contributed by atoms with Crippen molar-refractivity contribution in [2.24, 2.45) is 0 Å². The number of anilines is 1. The lowest BCUT2D eigenvalue weighted by Gasteiger charge is -2.25. The van der Waals surface area contributed by atoms with Crippen molar-refractivity contribution in [1.82, 2.24) is 15.0 Å². The molecule has 0 aromatic carbocycles. The van der Waals surface area contributed by atoms with Crippen LogP contribution >= 0.6 is 0 Å². The van der Waals surface area contributed by atoms with Gasteiger partial charge in [0, 0.05) is 19.1 Å². The minimum atomic E-state index is -3.40. The van der Waals surface area contributed by atoms with E-state index in [-0.39, 0.29) is 17.9 Å². The topological polar surface area (TPSA) is 100 Å². The largest absolute Gasteiger partial charge is 0.372 e. The summed E-state index contributed by atoms with van der Waals surface area (Å²) in [6, 6.07) is 1.06. The van der Waals surface area contributed by atoms with Crippen LogP contribution in [0, 0.1) is 5.82 Å². The number of halogens is 1. The van der Waals surface area contributed by atoms with Crippen LogP contribution in [-0.4, -0.2) is 44.7 Å². The van der Waals surface area contributed by atoms with Gasteiger partial charge in [0.15, 0.2) is 0 Å². The molecule has 3 N–H and O–H groups in total. The lowest BCUT2D eigenvalue weighted by molar-refractivity contribution is 0.0944. The molecule has 0 bridgehead atoms. The molecule has 0 fully saturated rings. The SMILES string of the molecule is CNc1ncc(F)cc1C(=O)NCC(C)(C)NS(C)(=O)=O. The summed E-state index contributed by atoms with van der Waals surface area (Å²) < 4.78 is 38.0. The molecule has 0 aliphatic heterocycles. The molecule has 0 saturated carbocycles. The van der Waals surface area contributed by atoms with Gasteiger partial charge in [-0.25, -0.2) is 22.5 Å². The third kappa shape index (κ3) is 5.64. The predicted molar refractivity (Wildman–Crippen MR) is 78.1 cm³/mol. The first-order valence-corrected chi connectivity index (χ1v) is 8.04. The second kappa shape index (κ2) is 6.35. The zero-order valence-corrected chi connectivity index (χ0v) is 13.1. The Morgan fingerprint density at radius 2 is 2.05 bits per heavy atom. The first-order valence-electron chi connectivity index (χ1n) is 6.14. The van der Waals surface area contributed by atoms with E-state index in [1.807, 2.05) is 0 Å². The minimum Gasteiger partial charge on any atom is -0.372 e. The van der Waals surface area contributed by atoms with Gasteiger partial charge in [-0.1, -0.05) is 0 Å². The lowest BCUT2D eigenvalue weighted by atomic mass is 10.1. The highest BCUT2D eigenvalue weighted by Gasteiger charge is 2.23. The number of nitrogens with one attached hydrogen (secondary N) is 3. The third-order valence-corrected chi connectivity index (χ3v) is 3.41. The summed E-state index contributed by atoms with van der Waals surface area (Å²) in [6.45, 7) is 3.28. The highest BCUT2D eigenvalue weighted by molar-refractivity contribution is 7.88. The first-order chi connectivity index (χ1) is 9.54. The van der Waals surface area contributed by atoms with Crippen molar-refractivity contribution in [3.63, 3.8) is 0 Å². The summed E-state index contributed by atoms with van der Waals surface area (Å²) >= 11 is 0. The monoisotopic (exact) mass is 318 g/mol. The molecule has 1 aromatic heterocycles. The number of rotatable bonds is 6. The van der Waals surface area contributed by atoms with Gasteiger partial charge >= 0.3 is 0 Å². The molecule has 0 saturated heterocycles. The van der Waals surface area contributed by atoms with E-state index in [0.29, 0.717) is 0 Å². The average Bonchev–Trinajstić information content (AvgIpc) is 2.33. The Kier molecular flexibility index (Phi) is 5.24. The van der Waals surface area contributed by atoms with E-state index in [9.17, 15) is 17.6 Å². The van der Waals surface area contributed by atoms with Crippen molar-refractivity contribution < 1.29 is 17.6 Å². The van der Waals surface area contributed by atoms with Crippen LogP contribution in [0.4, 0.5) is 10.2 Å². The molecule has 0 aliphatic carbocycles. The van der Waals surface area contributed by atoms with E-state index < -0.39 is 27.3 Å². The number of hydrogen-bond donors (Lipinski definition) is 3. The molecule has 1 aromatic rings. The molecular formula is C12H19FN4O3S. The van der Waals surface area contributed by atoms with Crippen LogP contribution in [0.15, 0.2) is 12.3 Å². The van der Waals surface area contributed by atoms with Crippen LogP contribution in [0.1, 0.15) is 24.2 Å². The molecular weight excluding hydrogens is 299 g/mol. The Bertz CT molecular complexity index is 631. The van der Waals surface area contributed by atoms with Crippen LogP contribution in [0.3, 0.4) is 0 Å². The maximum Gasteiger partial charge on any atom is 0.255 e. The van der Waals surface area contributed by atoms with Crippen molar-refractivity contribution in [2.75, 3.05) is 25.2 Å². The Morgan fingerprint density at radius 3 is 2.57 bits per heavy atom. The quantitative estimate of drug-likeness (QED) is 0.701. The molecule has 7 nitrogen and oxygen atoms in total. The summed E-state index contributed by atoms with van der Waals surface area (Å²) in [5.74, 6) is -0.940. The van der Waals surface area contributed by atoms with Crippen LogP contribution < -0.4 is 15.4 Å². The molecule has 0 spiro atoms. The molecule has 1 rings (SSSR count). The van der Waals surface area contributed by atoms with Gasteiger partial charge in [0.2, 0.25) is 10.0 Å². The highest BCUT2D eigenvalue weighted by Crippen LogP contribution is 2.13. The van der Waals surface area contributed by atoms with E-state index >= 15 is 0 Å². The highest BCUT2D eigenvalue weighted by atomic mass is 32.2. The van der Waals surface area contributed by atoms with Crippen LogP contribution in [-0.2, 0) is 10.0 Å². The van der Waals surface area contributed by atoms with Gasteiger partial charge in [-0.3, -0.25) is 4.79 Å². The number of aromatic nitrogens is 1. The second-order valence-electron chi connectivity index (χ2n) is 5.24. The third-order valence-electron chi connectivity index (χ3n) is 2.49. The van der Waals surface area contributed by atoms with Gasteiger partial charge in [-0.2, -0.15) is 0 Å². The molecule has 0 unspecified atom stereocenters. The maximum atomic E-state index is 13.2. The summed E-state index contributed by atoms with van der Waals surface area (Å²) in [5.41, 5.74) is -0.822. The number of carbonyl (C=O) groups is 1. The number of carbonyl (C=O) groups excluding carboxylic acids is 1. The molecule has 21 heavy (non-hydrogen) atoms. The number of pyridine rings is 1. The van der Waals surface area contributed by atoms with Gasteiger partial charge in [-0.15, -0.1) is 0 Å². The molecule has 1 heterocycles. The lowest BCUT2D eigenvalue weighted by Crippen LogP contribution is -2.51.